The molecular formula is C69H43N5O. The maximum atomic E-state index is 7.45. The van der Waals surface area contributed by atoms with Crippen molar-refractivity contribution in [3.05, 3.63) is 261 Å². The maximum Gasteiger partial charge on any atom is 0.164 e. The molecule has 4 heterocycles. The van der Waals surface area contributed by atoms with E-state index in [1.165, 1.54) is 5.39 Å². The Morgan fingerprint density at radius 1 is 0.267 bits per heavy atom. The van der Waals surface area contributed by atoms with Crippen LogP contribution >= 0.6 is 0 Å². The van der Waals surface area contributed by atoms with Crippen LogP contribution in [0.5, 0.6) is 0 Å². The first-order chi connectivity index (χ1) is 37.2. The van der Waals surface area contributed by atoms with E-state index < -0.39 is 0 Å². The lowest BCUT2D eigenvalue weighted by Gasteiger charge is -2.14. The first-order valence-electron chi connectivity index (χ1n) is 25.3. The molecule has 11 aromatic carbocycles. The van der Waals surface area contributed by atoms with E-state index in [0.29, 0.717) is 17.5 Å². The SMILES string of the molecule is c1ccc(-c2ccc(-c3nc(-c4ccc(-c5ccccc5)cc4)nc(-c4cccc(-n5c6ccccc6c6ccc7c8ccc9c%10ccccc%10n(-c%10ccccc%10-c%10ccccc%10)c9c8oc7c65)c4)n3)cc2)cc1. The Kier molecular flexibility index (Phi) is 9.78. The summed E-state index contributed by atoms with van der Waals surface area (Å²) in [5, 5.41) is 6.67. The highest BCUT2D eigenvalue weighted by molar-refractivity contribution is 6.26. The zero-order valence-electron chi connectivity index (χ0n) is 40.5. The van der Waals surface area contributed by atoms with Crippen LogP contribution in [0.4, 0.5) is 0 Å². The van der Waals surface area contributed by atoms with Gasteiger partial charge in [-0.05, 0) is 70.3 Å². The molecule has 0 fully saturated rings. The molecule has 0 N–H and O–H groups in total. The van der Waals surface area contributed by atoms with Gasteiger partial charge < -0.3 is 13.6 Å². The van der Waals surface area contributed by atoms with E-state index in [4.69, 9.17) is 19.4 Å². The number of hydrogen-bond acceptors (Lipinski definition) is 4. The molecule has 0 spiro atoms. The molecule has 0 aliphatic heterocycles. The normalized spacial score (nSPS) is 11.7. The van der Waals surface area contributed by atoms with E-state index >= 15 is 0 Å². The highest BCUT2D eigenvalue weighted by atomic mass is 16.3. The average Bonchev–Trinajstić information content (AvgIpc) is 4.27. The molecule has 15 rings (SSSR count). The second kappa shape index (κ2) is 17.3. The molecule has 6 nitrogen and oxygen atoms in total. The summed E-state index contributed by atoms with van der Waals surface area (Å²) in [6, 6.07) is 92.0. The molecule has 4 aromatic heterocycles. The van der Waals surface area contributed by atoms with Crippen LogP contribution in [0.2, 0.25) is 0 Å². The lowest BCUT2D eigenvalue weighted by molar-refractivity contribution is 0.673. The summed E-state index contributed by atoms with van der Waals surface area (Å²) >= 11 is 0. The van der Waals surface area contributed by atoms with Crippen LogP contribution in [0.1, 0.15) is 0 Å². The van der Waals surface area contributed by atoms with Gasteiger partial charge in [0.15, 0.2) is 28.6 Å². The number of para-hydroxylation sites is 3. The highest BCUT2D eigenvalue weighted by Crippen LogP contribution is 2.45. The van der Waals surface area contributed by atoms with E-state index in [1.54, 1.807) is 0 Å². The maximum absolute atomic E-state index is 7.45. The molecule has 0 unspecified atom stereocenters. The Labute approximate surface area is 431 Å². The van der Waals surface area contributed by atoms with Gasteiger partial charge in [0.05, 0.1) is 27.8 Å². The minimum atomic E-state index is 0.580. The summed E-state index contributed by atoms with van der Waals surface area (Å²) in [6.07, 6.45) is 0. The number of benzene rings is 11. The molecule has 0 amide bonds. The Morgan fingerprint density at radius 3 is 1.23 bits per heavy atom. The topological polar surface area (TPSA) is 61.7 Å². The van der Waals surface area contributed by atoms with E-state index in [-0.39, 0.29) is 0 Å². The standard InChI is InChI=1S/C69H43N5O/c1-4-17-44(18-5-1)46-31-35-49(36-32-46)67-70-68(50-37-33-47(34-38-50)45-19-6-2-7-20-45)72-69(71-67)51-23-16-24-52(43-51)73-61-29-14-11-26-54(61)56-39-41-58-59-42-40-57-55-27-12-15-30-62(55)74(64(57)66(59)75-65(58)63(56)73)60-28-13-10-25-53(60)48-21-8-3-9-22-48/h1-43H. The molecule has 0 radical (unpaired) electrons. The fourth-order valence-electron chi connectivity index (χ4n) is 11.3. The largest absolute Gasteiger partial charge is 0.452 e. The zero-order chi connectivity index (χ0) is 49.4. The van der Waals surface area contributed by atoms with Crippen molar-refractivity contribution in [2.45, 2.75) is 0 Å². The zero-order valence-corrected chi connectivity index (χ0v) is 40.5. The lowest BCUT2D eigenvalue weighted by atomic mass is 10.0. The van der Waals surface area contributed by atoms with Crippen LogP contribution in [-0.2, 0) is 0 Å². The fourth-order valence-corrected chi connectivity index (χ4v) is 11.3. The monoisotopic (exact) mass is 957 g/mol. The molecule has 0 bridgehead atoms. The summed E-state index contributed by atoms with van der Waals surface area (Å²) in [5.41, 5.74) is 17.5. The summed E-state index contributed by atoms with van der Waals surface area (Å²) in [7, 11) is 0. The van der Waals surface area contributed by atoms with Gasteiger partial charge in [-0.25, -0.2) is 15.0 Å². The molecule has 6 heteroatoms. The summed E-state index contributed by atoms with van der Waals surface area (Å²) in [5.74, 6) is 1.78. The fraction of sp³-hybridized carbons (Fsp3) is 0. The molecule has 0 saturated heterocycles. The Balaban J connectivity index is 0.928. The van der Waals surface area contributed by atoms with E-state index in [9.17, 15) is 0 Å². The van der Waals surface area contributed by atoms with Crippen LogP contribution in [0, 0.1) is 0 Å². The van der Waals surface area contributed by atoms with Crippen molar-refractivity contribution in [2.24, 2.45) is 0 Å². The van der Waals surface area contributed by atoms with Gasteiger partial charge >= 0.3 is 0 Å². The number of aromatic nitrogens is 5. The summed E-state index contributed by atoms with van der Waals surface area (Å²) < 4.78 is 12.2. The van der Waals surface area contributed by atoms with Crippen molar-refractivity contribution < 1.29 is 4.42 Å². The van der Waals surface area contributed by atoms with Crippen molar-refractivity contribution in [3.63, 3.8) is 0 Å². The first-order valence-corrected chi connectivity index (χ1v) is 25.3. The number of furan rings is 1. The molecule has 75 heavy (non-hydrogen) atoms. The van der Waals surface area contributed by atoms with E-state index in [2.05, 4.69) is 258 Å². The molecule has 0 saturated carbocycles. The molecule has 15 aromatic rings. The van der Waals surface area contributed by atoms with Crippen LogP contribution in [0.3, 0.4) is 0 Å². The number of hydrogen-bond donors (Lipinski definition) is 0. The van der Waals surface area contributed by atoms with Crippen molar-refractivity contribution in [1.82, 2.24) is 24.1 Å². The van der Waals surface area contributed by atoms with Crippen molar-refractivity contribution in [3.8, 4) is 78.9 Å². The Hall–Kier alpha value is -10.2. The van der Waals surface area contributed by atoms with Gasteiger partial charge in [-0.15, -0.1) is 0 Å². The summed E-state index contributed by atoms with van der Waals surface area (Å²) in [6.45, 7) is 0. The van der Waals surface area contributed by atoms with Gasteiger partial charge in [0, 0.05) is 60.3 Å². The number of rotatable bonds is 8. The van der Waals surface area contributed by atoms with Crippen LogP contribution in [0.25, 0.3) is 144 Å². The number of nitrogens with zero attached hydrogens (tertiary/aromatic N) is 5. The molecule has 0 aliphatic carbocycles. The van der Waals surface area contributed by atoms with Gasteiger partial charge in [0.2, 0.25) is 0 Å². The third-order valence-electron chi connectivity index (χ3n) is 14.8. The van der Waals surface area contributed by atoms with E-state index in [1.807, 2.05) is 12.1 Å². The molecule has 0 aliphatic rings. The van der Waals surface area contributed by atoms with Crippen molar-refractivity contribution >= 4 is 65.6 Å². The van der Waals surface area contributed by atoms with Gasteiger partial charge in [-0.1, -0.05) is 218 Å². The van der Waals surface area contributed by atoms with Crippen molar-refractivity contribution in [1.29, 1.82) is 0 Å². The Morgan fingerprint density at radius 2 is 0.667 bits per heavy atom. The van der Waals surface area contributed by atoms with Gasteiger partial charge in [-0.3, -0.25) is 0 Å². The predicted octanol–water partition coefficient (Wildman–Crippen LogP) is 18.0. The lowest BCUT2D eigenvalue weighted by Crippen LogP contribution is -2.01. The Bertz CT molecular complexity index is 4570. The minimum Gasteiger partial charge on any atom is -0.452 e. The van der Waals surface area contributed by atoms with Crippen LogP contribution in [-0.4, -0.2) is 24.1 Å². The van der Waals surface area contributed by atoms with Gasteiger partial charge in [0.1, 0.15) is 0 Å². The third-order valence-corrected chi connectivity index (χ3v) is 14.8. The second-order valence-electron chi connectivity index (χ2n) is 19.1. The third kappa shape index (κ3) is 6.99. The molecule has 0 atom stereocenters. The quantitative estimate of drug-likeness (QED) is 0.152. The summed E-state index contributed by atoms with van der Waals surface area (Å²) in [4.78, 5) is 15.6. The van der Waals surface area contributed by atoms with Crippen LogP contribution < -0.4 is 0 Å². The highest BCUT2D eigenvalue weighted by Gasteiger charge is 2.24. The van der Waals surface area contributed by atoms with Gasteiger partial charge in [0.25, 0.3) is 0 Å². The predicted molar refractivity (Wildman–Crippen MR) is 308 cm³/mol. The molecular weight excluding hydrogens is 915 g/mol. The number of fused-ring (bicyclic) bond motifs is 11. The average molecular weight is 958 g/mol. The van der Waals surface area contributed by atoms with E-state index in [0.717, 1.165) is 122 Å². The van der Waals surface area contributed by atoms with Crippen molar-refractivity contribution in [2.75, 3.05) is 0 Å². The molecule has 350 valence electrons. The second-order valence-corrected chi connectivity index (χ2v) is 19.1. The first kappa shape index (κ1) is 42.5. The van der Waals surface area contributed by atoms with Gasteiger partial charge in [-0.2, -0.15) is 0 Å². The van der Waals surface area contributed by atoms with Crippen LogP contribution in [0.15, 0.2) is 265 Å². The minimum absolute atomic E-state index is 0.580. The smallest absolute Gasteiger partial charge is 0.164 e.